The molecule has 2 fully saturated rings. The zero-order valence-corrected chi connectivity index (χ0v) is 29.7. The smallest absolute Gasteiger partial charge is 0.133 e. The van der Waals surface area contributed by atoms with E-state index in [-0.39, 0.29) is 10.8 Å². The predicted octanol–water partition coefficient (Wildman–Crippen LogP) is 9.31. The van der Waals surface area contributed by atoms with Gasteiger partial charge in [0.05, 0.1) is 46.0 Å². The summed E-state index contributed by atoms with van der Waals surface area (Å²) in [6, 6.07) is 26.9. The highest BCUT2D eigenvalue weighted by Crippen LogP contribution is 2.38. The number of benzene rings is 2. The Morgan fingerprint density at radius 1 is 0.580 bits per heavy atom. The van der Waals surface area contributed by atoms with Crippen LogP contribution in [0.3, 0.4) is 0 Å². The first-order valence-electron chi connectivity index (χ1n) is 17.8. The van der Waals surface area contributed by atoms with Gasteiger partial charge in [0.25, 0.3) is 0 Å². The molecular weight excluding hydrogens is 663 g/mol. The van der Waals surface area contributed by atoms with Crippen molar-refractivity contribution in [3.05, 3.63) is 95.3 Å². The van der Waals surface area contributed by atoms with Crippen molar-refractivity contribution in [3.63, 3.8) is 0 Å². The maximum Gasteiger partial charge on any atom is 0.133 e. The highest BCUT2D eigenvalue weighted by molar-refractivity contribution is 6.21. The first kappa shape index (κ1) is 35.6. The van der Waals surface area contributed by atoms with Gasteiger partial charge in [-0.1, -0.05) is 24.3 Å². The third-order valence-corrected chi connectivity index (χ3v) is 11.7. The largest absolute Gasteiger partial charge is 0.300 e. The minimum Gasteiger partial charge on any atom is -0.300 e. The Hall–Kier alpha value is -4.17. The quantitative estimate of drug-likeness (QED) is 0.135. The van der Waals surface area contributed by atoms with Gasteiger partial charge < -0.3 is 0 Å². The number of rotatable bonds is 12. The molecule has 0 radical (unpaired) electrons. The lowest BCUT2D eigenvalue weighted by atomic mass is 9.75. The van der Waals surface area contributed by atoms with E-state index in [4.69, 9.17) is 33.7 Å². The van der Waals surface area contributed by atoms with Crippen molar-refractivity contribution >= 4 is 29.0 Å². The van der Waals surface area contributed by atoms with Gasteiger partial charge in [0.1, 0.15) is 5.78 Å². The Kier molecular flexibility index (Phi) is 12.2. The summed E-state index contributed by atoms with van der Waals surface area (Å²) in [6.45, 7) is 0. The number of alkyl halides is 2. The molecule has 256 valence electrons. The fourth-order valence-electron chi connectivity index (χ4n) is 7.64. The van der Waals surface area contributed by atoms with Crippen molar-refractivity contribution in [1.82, 2.24) is 20.4 Å². The van der Waals surface area contributed by atoms with Crippen LogP contribution in [-0.4, -0.2) is 36.9 Å². The van der Waals surface area contributed by atoms with Crippen molar-refractivity contribution in [2.24, 2.45) is 23.7 Å². The topological polar surface area (TPSA) is 116 Å². The molecule has 2 aliphatic carbocycles. The maximum atomic E-state index is 13.1. The molecule has 4 aromatic rings. The van der Waals surface area contributed by atoms with Gasteiger partial charge in [-0.25, -0.2) is 0 Å². The summed E-state index contributed by atoms with van der Waals surface area (Å²) in [5.41, 5.74) is 6.44. The van der Waals surface area contributed by atoms with E-state index in [9.17, 15) is 4.79 Å². The molecule has 0 amide bonds. The van der Waals surface area contributed by atoms with Gasteiger partial charge in [-0.3, -0.25) is 4.79 Å². The highest BCUT2D eigenvalue weighted by Gasteiger charge is 2.31. The van der Waals surface area contributed by atoms with Crippen LogP contribution in [0, 0.1) is 46.3 Å². The number of aromatic nitrogens is 4. The van der Waals surface area contributed by atoms with Gasteiger partial charge in [-0.15, -0.1) is 23.2 Å². The number of carbonyl (C=O) groups is 1. The van der Waals surface area contributed by atoms with E-state index < -0.39 is 0 Å². The summed E-state index contributed by atoms with van der Waals surface area (Å²) in [7, 11) is 0. The van der Waals surface area contributed by atoms with Crippen LogP contribution < -0.4 is 0 Å². The van der Waals surface area contributed by atoms with E-state index in [1.54, 1.807) is 24.3 Å². The monoisotopic (exact) mass is 704 g/mol. The average molecular weight is 706 g/mol. The van der Waals surface area contributed by atoms with Gasteiger partial charge in [-0.2, -0.15) is 30.9 Å². The molecule has 0 N–H and O–H groups in total. The molecule has 9 heteroatoms. The molecule has 2 aromatic heterocycles. The molecule has 0 aliphatic heterocycles. The predicted molar refractivity (Wildman–Crippen MR) is 196 cm³/mol. The van der Waals surface area contributed by atoms with Crippen LogP contribution in [-0.2, 0) is 17.6 Å². The summed E-state index contributed by atoms with van der Waals surface area (Å²) in [5.74, 6) is 2.18. The zero-order chi connectivity index (χ0) is 34.9. The lowest BCUT2D eigenvalue weighted by molar-refractivity contribution is -0.121. The van der Waals surface area contributed by atoms with Crippen molar-refractivity contribution in [2.75, 3.05) is 0 Å². The van der Waals surface area contributed by atoms with Crippen LogP contribution in [0.2, 0.25) is 0 Å². The van der Waals surface area contributed by atoms with Gasteiger partial charge >= 0.3 is 0 Å². The first-order chi connectivity index (χ1) is 24.4. The molecule has 0 saturated heterocycles. The summed E-state index contributed by atoms with van der Waals surface area (Å²) in [5, 5.41) is 35.7. The Morgan fingerprint density at radius 3 is 1.28 bits per heavy atom. The van der Waals surface area contributed by atoms with Crippen LogP contribution in [0.15, 0.2) is 72.8 Å². The standard InChI is InChI=1S/C41H42Cl2N6O/c42-38(23-35-17-19-40(48-46-35)33-13-5-29(25-44)6-14-33)31-9-1-27(2-10-31)21-37(50)22-28-3-11-32(12-4-28)39(43)24-36-18-20-41(49-47-36)34-15-7-30(26-45)8-16-34/h5-8,13-20,27-28,31-32,38-39H,1-4,9-12,21-24H2/t27-,28?,31-,32?,38?,39?. The summed E-state index contributed by atoms with van der Waals surface area (Å²) in [4.78, 5) is 13.1. The third kappa shape index (κ3) is 9.53. The zero-order valence-electron chi connectivity index (χ0n) is 28.2. The molecule has 2 atom stereocenters. The average Bonchev–Trinajstić information content (AvgIpc) is 3.16. The van der Waals surface area contributed by atoms with E-state index in [1.807, 2.05) is 48.5 Å². The van der Waals surface area contributed by atoms with E-state index in [0.717, 1.165) is 85.3 Å². The van der Waals surface area contributed by atoms with Crippen molar-refractivity contribution in [1.29, 1.82) is 10.5 Å². The van der Waals surface area contributed by atoms with Crippen molar-refractivity contribution < 1.29 is 4.79 Å². The molecular formula is C41H42Cl2N6O. The number of hydrogen-bond donors (Lipinski definition) is 0. The fraction of sp³-hybridized carbons (Fsp3) is 0.439. The summed E-state index contributed by atoms with van der Waals surface area (Å²) >= 11 is 13.8. The Morgan fingerprint density at radius 2 is 0.960 bits per heavy atom. The highest BCUT2D eigenvalue weighted by atomic mass is 35.5. The molecule has 2 heterocycles. The third-order valence-electron chi connectivity index (χ3n) is 10.7. The summed E-state index contributed by atoms with van der Waals surface area (Å²) < 4.78 is 0. The number of hydrogen-bond acceptors (Lipinski definition) is 7. The second kappa shape index (κ2) is 17.2. The van der Waals surface area contributed by atoms with Crippen molar-refractivity contribution in [2.45, 2.75) is 87.8 Å². The van der Waals surface area contributed by atoms with Crippen LogP contribution in [0.1, 0.15) is 86.7 Å². The van der Waals surface area contributed by atoms with Crippen LogP contribution in [0.4, 0.5) is 0 Å². The van der Waals surface area contributed by atoms with E-state index in [0.29, 0.717) is 66.3 Å². The van der Waals surface area contributed by atoms with Gasteiger partial charge in [0, 0.05) is 47.6 Å². The van der Waals surface area contributed by atoms with Crippen molar-refractivity contribution in [3.8, 4) is 34.7 Å². The van der Waals surface area contributed by atoms with E-state index in [1.165, 1.54) is 0 Å². The molecule has 0 spiro atoms. The number of nitriles is 2. The molecule has 50 heavy (non-hydrogen) atoms. The summed E-state index contributed by atoms with van der Waals surface area (Å²) in [6.07, 6.45) is 11.2. The second-order valence-electron chi connectivity index (χ2n) is 14.1. The molecule has 2 saturated carbocycles. The first-order valence-corrected chi connectivity index (χ1v) is 18.7. The SMILES string of the molecule is N#Cc1ccc(-c2ccc(CC(Cl)C3CCC(CC(=O)C[C@H]4CC[C@H](C(Cl)Cc5ccc(-c6ccc(C#N)cc6)nn5)CC4)CC3)nn2)cc1. The number of carbonyl (C=O) groups excluding carboxylic acids is 1. The second-order valence-corrected chi connectivity index (χ2v) is 15.3. The Balaban J connectivity index is 0.873. The number of Topliss-reactive ketones (excluding diaryl/α,β-unsaturated/α-hetero) is 1. The normalized spacial score (nSPS) is 21.8. The molecule has 2 aromatic carbocycles. The molecule has 7 nitrogen and oxygen atoms in total. The molecule has 0 bridgehead atoms. The van der Waals surface area contributed by atoms with Gasteiger partial charge in [0.2, 0.25) is 0 Å². The number of nitrogens with zero attached hydrogens (tertiary/aromatic N) is 6. The Bertz CT molecular complexity index is 1650. The number of ketones is 1. The van der Waals surface area contributed by atoms with E-state index in [2.05, 4.69) is 32.5 Å². The lowest BCUT2D eigenvalue weighted by Gasteiger charge is -2.32. The van der Waals surface area contributed by atoms with Gasteiger partial charge in [-0.05, 0) is 124 Å². The Labute approximate surface area is 305 Å². The minimum atomic E-state index is 0.00275. The van der Waals surface area contributed by atoms with Gasteiger partial charge in [0.15, 0.2) is 0 Å². The minimum absolute atomic E-state index is 0.00275. The van der Waals surface area contributed by atoms with Crippen LogP contribution >= 0.6 is 23.2 Å². The van der Waals surface area contributed by atoms with E-state index >= 15 is 0 Å². The van der Waals surface area contributed by atoms with Crippen LogP contribution in [0.5, 0.6) is 0 Å². The molecule has 6 rings (SSSR count). The number of halogens is 2. The lowest BCUT2D eigenvalue weighted by Crippen LogP contribution is -2.27. The maximum absolute atomic E-state index is 13.1. The van der Waals surface area contributed by atoms with Crippen LogP contribution in [0.25, 0.3) is 22.5 Å². The molecule has 2 unspecified atom stereocenters. The molecule has 2 aliphatic rings. The fourth-order valence-corrected chi connectivity index (χ4v) is 8.46.